The van der Waals surface area contributed by atoms with Crippen LogP contribution in [0.3, 0.4) is 0 Å². The van der Waals surface area contributed by atoms with Crippen LogP contribution in [0.15, 0.2) is 79.1 Å². The molecule has 5 nitrogen and oxygen atoms in total. The maximum atomic E-state index is 12.4. The molecule has 1 aromatic heterocycles. The van der Waals surface area contributed by atoms with Crippen LogP contribution in [0.4, 0.5) is 0 Å². The Hall–Kier alpha value is -3.47. The number of hydrogen-bond donors (Lipinski definition) is 1. The van der Waals surface area contributed by atoms with Crippen molar-refractivity contribution in [1.29, 1.82) is 0 Å². The molecule has 1 N–H and O–H groups in total. The quantitative estimate of drug-likeness (QED) is 0.654. The van der Waals surface area contributed by atoms with E-state index in [9.17, 15) is 9.59 Å². The second-order valence-corrected chi connectivity index (χ2v) is 6.08. The molecule has 0 aliphatic heterocycles. The molecule has 0 saturated carbocycles. The minimum Gasteiger partial charge on any atom is -0.484 e. The zero-order valence-electron chi connectivity index (χ0n) is 15.0. The number of carbonyl (C=O) groups is 2. The molecule has 3 rings (SSSR count). The van der Waals surface area contributed by atoms with Crippen LogP contribution < -0.4 is 10.1 Å². The topological polar surface area (TPSA) is 68.3 Å². The predicted octanol–water partition coefficient (Wildman–Crippen LogP) is 3.57. The minimum absolute atomic E-state index is 0.0499. The van der Waals surface area contributed by atoms with E-state index in [0.29, 0.717) is 16.9 Å². The van der Waals surface area contributed by atoms with Crippen LogP contribution in [-0.2, 0) is 4.79 Å². The summed E-state index contributed by atoms with van der Waals surface area (Å²) in [6.45, 7) is 1.80. The third kappa shape index (κ3) is 5.01. The second-order valence-electron chi connectivity index (χ2n) is 6.08. The van der Waals surface area contributed by atoms with Gasteiger partial charge in [0.25, 0.3) is 5.91 Å². The smallest absolute Gasteiger partial charge is 0.258 e. The van der Waals surface area contributed by atoms with Gasteiger partial charge in [0.15, 0.2) is 12.4 Å². The van der Waals surface area contributed by atoms with E-state index in [0.717, 1.165) is 5.56 Å². The summed E-state index contributed by atoms with van der Waals surface area (Å²) in [4.78, 5) is 28.4. The number of ketones is 1. The van der Waals surface area contributed by atoms with E-state index in [-0.39, 0.29) is 24.3 Å². The number of hydrogen-bond acceptors (Lipinski definition) is 4. The molecule has 27 heavy (non-hydrogen) atoms. The summed E-state index contributed by atoms with van der Waals surface area (Å²) in [7, 11) is 0. The standard InChI is InChI=1S/C22H20N2O3/c1-16(17-11-13-23-14-12-17)24-21(25)15-27-20-9-7-19(8-10-20)22(26)18-5-3-2-4-6-18/h2-14,16H,15H2,1H3,(H,24,25). The van der Waals surface area contributed by atoms with Crippen LogP contribution in [-0.4, -0.2) is 23.3 Å². The number of amides is 1. The lowest BCUT2D eigenvalue weighted by Crippen LogP contribution is -2.31. The van der Waals surface area contributed by atoms with E-state index >= 15 is 0 Å². The number of benzene rings is 2. The highest BCUT2D eigenvalue weighted by molar-refractivity contribution is 6.08. The van der Waals surface area contributed by atoms with Crippen molar-refractivity contribution < 1.29 is 14.3 Å². The fourth-order valence-corrected chi connectivity index (χ4v) is 2.63. The zero-order chi connectivity index (χ0) is 19.1. The molecule has 1 atom stereocenters. The first-order chi connectivity index (χ1) is 13.1. The minimum atomic E-state index is -0.219. The van der Waals surface area contributed by atoms with Gasteiger partial charge in [0, 0.05) is 23.5 Å². The summed E-state index contributed by atoms with van der Waals surface area (Å²) in [5.41, 5.74) is 2.18. The largest absolute Gasteiger partial charge is 0.484 e. The molecule has 136 valence electrons. The summed E-state index contributed by atoms with van der Waals surface area (Å²) in [5, 5.41) is 2.87. The van der Waals surface area contributed by atoms with Gasteiger partial charge in [-0.15, -0.1) is 0 Å². The summed E-state index contributed by atoms with van der Waals surface area (Å²) < 4.78 is 5.51. The normalized spacial score (nSPS) is 11.4. The molecule has 1 heterocycles. The predicted molar refractivity (Wildman–Crippen MR) is 103 cm³/mol. The lowest BCUT2D eigenvalue weighted by Gasteiger charge is -2.14. The SMILES string of the molecule is CC(NC(=O)COc1ccc(C(=O)c2ccccc2)cc1)c1ccncc1. The van der Waals surface area contributed by atoms with Crippen molar-refractivity contribution in [3.63, 3.8) is 0 Å². The van der Waals surface area contributed by atoms with Gasteiger partial charge in [-0.05, 0) is 48.9 Å². The monoisotopic (exact) mass is 360 g/mol. The van der Waals surface area contributed by atoms with Crippen LogP contribution in [0.25, 0.3) is 0 Å². The van der Waals surface area contributed by atoms with Gasteiger partial charge in [-0.25, -0.2) is 0 Å². The zero-order valence-corrected chi connectivity index (χ0v) is 15.0. The molecule has 0 aliphatic carbocycles. The van der Waals surface area contributed by atoms with E-state index in [4.69, 9.17) is 4.74 Å². The first kappa shape index (κ1) is 18.3. The Morgan fingerprint density at radius 1 is 0.926 bits per heavy atom. The Bertz CT molecular complexity index is 894. The molecule has 0 spiro atoms. The molecule has 1 unspecified atom stereocenters. The summed E-state index contributed by atoms with van der Waals surface area (Å²) in [5.74, 6) is 0.265. The van der Waals surface area contributed by atoms with Crippen molar-refractivity contribution in [2.24, 2.45) is 0 Å². The molecule has 0 saturated heterocycles. The van der Waals surface area contributed by atoms with Gasteiger partial charge in [-0.3, -0.25) is 14.6 Å². The van der Waals surface area contributed by atoms with Crippen LogP contribution in [0.2, 0.25) is 0 Å². The van der Waals surface area contributed by atoms with E-state index in [2.05, 4.69) is 10.3 Å². The highest BCUT2D eigenvalue weighted by Crippen LogP contribution is 2.16. The van der Waals surface area contributed by atoms with Gasteiger partial charge in [-0.1, -0.05) is 30.3 Å². The van der Waals surface area contributed by atoms with Gasteiger partial charge in [0.1, 0.15) is 5.75 Å². The molecular weight excluding hydrogens is 340 g/mol. The van der Waals surface area contributed by atoms with Crippen LogP contribution in [0.5, 0.6) is 5.75 Å². The molecule has 2 aromatic carbocycles. The van der Waals surface area contributed by atoms with E-state index in [1.54, 1.807) is 48.8 Å². The number of rotatable bonds is 7. The van der Waals surface area contributed by atoms with Crippen molar-refractivity contribution in [3.8, 4) is 5.75 Å². The van der Waals surface area contributed by atoms with Gasteiger partial charge in [0.05, 0.1) is 6.04 Å². The van der Waals surface area contributed by atoms with Gasteiger partial charge in [-0.2, -0.15) is 0 Å². The molecule has 0 radical (unpaired) electrons. The Morgan fingerprint density at radius 2 is 1.56 bits per heavy atom. The van der Waals surface area contributed by atoms with Gasteiger partial charge < -0.3 is 10.1 Å². The van der Waals surface area contributed by atoms with Crippen molar-refractivity contribution in [2.45, 2.75) is 13.0 Å². The number of aromatic nitrogens is 1. The number of pyridine rings is 1. The highest BCUT2D eigenvalue weighted by Gasteiger charge is 2.11. The van der Waals surface area contributed by atoms with Crippen molar-refractivity contribution in [1.82, 2.24) is 10.3 Å². The Kier molecular flexibility index (Phi) is 5.94. The van der Waals surface area contributed by atoms with Gasteiger partial charge in [0.2, 0.25) is 0 Å². The molecule has 3 aromatic rings. The van der Waals surface area contributed by atoms with Crippen LogP contribution in [0.1, 0.15) is 34.5 Å². The fourth-order valence-electron chi connectivity index (χ4n) is 2.63. The van der Waals surface area contributed by atoms with E-state index in [1.807, 2.05) is 37.3 Å². The van der Waals surface area contributed by atoms with Crippen LogP contribution in [0, 0.1) is 0 Å². The fraction of sp³-hybridized carbons (Fsp3) is 0.136. The Balaban J connectivity index is 1.53. The summed E-state index contributed by atoms with van der Waals surface area (Å²) in [6.07, 6.45) is 3.37. The number of nitrogens with zero attached hydrogens (tertiary/aromatic N) is 1. The Labute approximate surface area is 158 Å². The molecule has 0 fully saturated rings. The van der Waals surface area contributed by atoms with E-state index in [1.165, 1.54) is 0 Å². The third-order valence-electron chi connectivity index (χ3n) is 4.11. The summed E-state index contributed by atoms with van der Waals surface area (Å²) in [6, 6.07) is 19.4. The van der Waals surface area contributed by atoms with Crippen molar-refractivity contribution >= 4 is 11.7 Å². The number of ether oxygens (including phenoxy) is 1. The maximum absolute atomic E-state index is 12.4. The summed E-state index contributed by atoms with van der Waals surface area (Å²) >= 11 is 0. The second kappa shape index (κ2) is 8.76. The third-order valence-corrected chi connectivity index (χ3v) is 4.11. The highest BCUT2D eigenvalue weighted by atomic mass is 16.5. The maximum Gasteiger partial charge on any atom is 0.258 e. The molecule has 5 heteroatoms. The lowest BCUT2D eigenvalue weighted by atomic mass is 10.0. The van der Waals surface area contributed by atoms with Crippen molar-refractivity contribution in [3.05, 3.63) is 95.8 Å². The first-order valence-corrected chi connectivity index (χ1v) is 8.65. The first-order valence-electron chi connectivity index (χ1n) is 8.65. The lowest BCUT2D eigenvalue weighted by molar-refractivity contribution is -0.123. The number of nitrogens with one attached hydrogen (secondary N) is 1. The van der Waals surface area contributed by atoms with Gasteiger partial charge >= 0.3 is 0 Å². The van der Waals surface area contributed by atoms with Crippen molar-refractivity contribution in [2.75, 3.05) is 6.61 Å². The molecule has 1 amide bonds. The van der Waals surface area contributed by atoms with Crippen LogP contribution >= 0.6 is 0 Å². The average molecular weight is 360 g/mol. The van der Waals surface area contributed by atoms with E-state index < -0.39 is 0 Å². The molecule has 0 aliphatic rings. The average Bonchev–Trinajstić information content (AvgIpc) is 2.73. The molecular formula is C22H20N2O3. The number of carbonyl (C=O) groups excluding carboxylic acids is 2. The Morgan fingerprint density at radius 3 is 2.22 bits per heavy atom. The molecule has 0 bridgehead atoms.